The van der Waals surface area contributed by atoms with Crippen LogP contribution in [0.3, 0.4) is 0 Å². The van der Waals surface area contributed by atoms with Gasteiger partial charge in [0.15, 0.2) is 6.10 Å². The fourth-order valence-corrected chi connectivity index (χ4v) is 10.7. The lowest BCUT2D eigenvalue weighted by Crippen LogP contribution is -2.30. The summed E-state index contributed by atoms with van der Waals surface area (Å²) in [6.07, 6.45) is 89.8. The van der Waals surface area contributed by atoms with Crippen LogP contribution < -0.4 is 0 Å². The number of carbonyl (C=O) groups is 3. The third kappa shape index (κ3) is 67.8. The molecule has 0 radical (unpaired) electrons. The molecule has 0 aromatic rings. The predicted molar refractivity (Wildman–Crippen MR) is 353 cm³/mol. The lowest BCUT2D eigenvalue weighted by atomic mass is 10.0. The molecule has 1 unspecified atom stereocenters. The zero-order chi connectivity index (χ0) is 58.5. The summed E-state index contributed by atoms with van der Waals surface area (Å²) in [5.41, 5.74) is 0. The molecule has 81 heavy (non-hydrogen) atoms. The van der Waals surface area contributed by atoms with Gasteiger partial charge >= 0.3 is 17.9 Å². The summed E-state index contributed by atoms with van der Waals surface area (Å²) < 4.78 is 17.0. The van der Waals surface area contributed by atoms with E-state index in [1.807, 2.05) is 0 Å². The minimum Gasteiger partial charge on any atom is -0.462 e. The van der Waals surface area contributed by atoms with Crippen LogP contribution in [0.5, 0.6) is 0 Å². The molecule has 1 atom stereocenters. The second-order valence-electron chi connectivity index (χ2n) is 24.1. The number of rotatable bonds is 66. The molecule has 0 saturated heterocycles. The van der Waals surface area contributed by atoms with Crippen molar-refractivity contribution in [1.29, 1.82) is 0 Å². The first-order valence-corrected chi connectivity index (χ1v) is 35.8. The molecule has 0 saturated carbocycles. The molecule has 6 heteroatoms. The van der Waals surface area contributed by atoms with Crippen LogP contribution in [0, 0.1) is 0 Å². The van der Waals surface area contributed by atoms with Crippen molar-refractivity contribution in [2.24, 2.45) is 0 Å². The van der Waals surface area contributed by atoms with Crippen molar-refractivity contribution in [2.75, 3.05) is 13.2 Å². The molecule has 0 aromatic carbocycles. The maximum Gasteiger partial charge on any atom is 0.306 e. The second kappa shape index (κ2) is 69.6. The zero-order valence-corrected chi connectivity index (χ0v) is 54.3. The van der Waals surface area contributed by atoms with Gasteiger partial charge in [-0.3, -0.25) is 14.4 Å². The molecular weight excluding hydrogens is 997 g/mol. The zero-order valence-electron chi connectivity index (χ0n) is 54.3. The normalized spacial score (nSPS) is 12.4. The molecule has 0 aliphatic rings. The average Bonchev–Trinajstić information content (AvgIpc) is 3.47. The molecule has 0 aliphatic heterocycles. The fraction of sp³-hybridized carbons (Fsp3) is 0.827. The SMILES string of the molecule is CC/C=C\C/C=C\C/C=C\C/C=C\CCCCCCCCCCCCCCCCCCC(=O)OCC(COC(=O)CCCCCCC/C=C\CCCC)OC(=O)CCCCCCCCCCCCCCCCCCCCCCCCC. The summed E-state index contributed by atoms with van der Waals surface area (Å²) in [4.78, 5) is 38.4. The van der Waals surface area contributed by atoms with Gasteiger partial charge in [0.2, 0.25) is 0 Å². The Bertz CT molecular complexity index is 1440. The van der Waals surface area contributed by atoms with Crippen LogP contribution in [0.1, 0.15) is 380 Å². The highest BCUT2D eigenvalue weighted by Crippen LogP contribution is 2.19. The first-order chi connectivity index (χ1) is 40.0. The summed E-state index contributed by atoms with van der Waals surface area (Å²) in [5.74, 6) is -0.856. The van der Waals surface area contributed by atoms with Crippen LogP contribution in [0.15, 0.2) is 60.8 Å². The van der Waals surface area contributed by atoms with Crippen LogP contribution in [-0.2, 0) is 28.6 Å². The Kier molecular flexibility index (Phi) is 67.1. The molecule has 0 rings (SSSR count). The van der Waals surface area contributed by atoms with Gasteiger partial charge in [0, 0.05) is 19.3 Å². The van der Waals surface area contributed by atoms with E-state index in [9.17, 15) is 14.4 Å². The molecule has 0 fully saturated rings. The van der Waals surface area contributed by atoms with E-state index < -0.39 is 6.10 Å². The molecule has 0 aliphatic carbocycles. The molecular formula is C75H136O6. The van der Waals surface area contributed by atoms with Crippen molar-refractivity contribution in [2.45, 2.75) is 386 Å². The second-order valence-corrected chi connectivity index (χ2v) is 24.1. The van der Waals surface area contributed by atoms with E-state index in [2.05, 4.69) is 81.5 Å². The van der Waals surface area contributed by atoms with Gasteiger partial charge in [-0.2, -0.15) is 0 Å². The minimum absolute atomic E-state index is 0.0715. The van der Waals surface area contributed by atoms with E-state index in [0.717, 1.165) is 89.9 Å². The molecule has 0 bridgehead atoms. The third-order valence-electron chi connectivity index (χ3n) is 16.0. The largest absolute Gasteiger partial charge is 0.462 e. The molecule has 6 nitrogen and oxygen atoms in total. The number of hydrogen-bond acceptors (Lipinski definition) is 6. The van der Waals surface area contributed by atoms with Crippen LogP contribution in [0.25, 0.3) is 0 Å². The van der Waals surface area contributed by atoms with E-state index in [0.29, 0.717) is 19.3 Å². The number of allylic oxidation sites excluding steroid dienone is 10. The molecule has 0 amide bonds. The minimum atomic E-state index is -0.775. The number of carbonyl (C=O) groups excluding carboxylic acids is 3. The predicted octanol–water partition coefficient (Wildman–Crippen LogP) is 24.7. The van der Waals surface area contributed by atoms with Gasteiger partial charge < -0.3 is 14.2 Å². The number of esters is 3. The molecule has 0 heterocycles. The Balaban J connectivity index is 4.16. The quantitative estimate of drug-likeness (QED) is 0.0261. The topological polar surface area (TPSA) is 78.9 Å². The first-order valence-electron chi connectivity index (χ1n) is 35.8. The molecule has 0 spiro atoms. The Morgan fingerprint density at radius 2 is 0.494 bits per heavy atom. The maximum absolute atomic E-state index is 12.9. The van der Waals surface area contributed by atoms with E-state index in [1.54, 1.807) is 0 Å². The van der Waals surface area contributed by atoms with Gasteiger partial charge in [-0.1, -0.05) is 345 Å². The standard InChI is InChI=1S/C75H136O6/c1-4-7-10-13-16-19-22-24-26-28-30-32-34-35-36-37-38-39-41-42-44-46-48-50-53-56-59-62-65-68-74(77)80-71-72(70-79-73(76)67-64-61-58-55-52-21-18-15-12-9-6-3)81-75(78)69-66-63-60-57-54-51-49-47-45-43-40-33-31-29-27-25-23-20-17-14-11-8-5-2/h7,10,15-16,18-19,24,26,30,32,72H,4-6,8-9,11-14,17,20-23,25,27-29,31,33-71H2,1-3H3/b10-7-,18-15-,19-16-,26-24-,32-30-. The van der Waals surface area contributed by atoms with Crippen molar-refractivity contribution >= 4 is 17.9 Å². The Morgan fingerprint density at radius 3 is 0.802 bits per heavy atom. The highest BCUT2D eigenvalue weighted by molar-refractivity contribution is 5.71. The van der Waals surface area contributed by atoms with Crippen LogP contribution in [-0.4, -0.2) is 37.2 Å². The van der Waals surface area contributed by atoms with Gasteiger partial charge in [-0.05, 0) is 77.0 Å². The molecule has 472 valence electrons. The smallest absolute Gasteiger partial charge is 0.306 e. The number of unbranched alkanes of at least 4 members (excludes halogenated alkanes) is 45. The van der Waals surface area contributed by atoms with Crippen LogP contribution in [0.2, 0.25) is 0 Å². The van der Waals surface area contributed by atoms with Crippen molar-refractivity contribution < 1.29 is 28.6 Å². The van der Waals surface area contributed by atoms with Crippen molar-refractivity contribution in [3.8, 4) is 0 Å². The third-order valence-corrected chi connectivity index (χ3v) is 16.0. The van der Waals surface area contributed by atoms with Crippen molar-refractivity contribution in [3.63, 3.8) is 0 Å². The van der Waals surface area contributed by atoms with E-state index in [4.69, 9.17) is 14.2 Å². The number of hydrogen-bond donors (Lipinski definition) is 0. The molecule has 0 aromatic heterocycles. The van der Waals surface area contributed by atoms with Gasteiger partial charge in [0.05, 0.1) is 0 Å². The van der Waals surface area contributed by atoms with Crippen molar-refractivity contribution in [3.05, 3.63) is 60.8 Å². The van der Waals surface area contributed by atoms with Crippen molar-refractivity contribution in [1.82, 2.24) is 0 Å². The summed E-state index contributed by atoms with van der Waals surface area (Å²) in [5, 5.41) is 0. The molecule has 0 N–H and O–H groups in total. The summed E-state index contributed by atoms with van der Waals surface area (Å²) in [6, 6.07) is 0. The summed E-state index contributed by atoms with van der Waals surface area (Å²) >= 11 is 0. The Hall–Kier alpha value is -2.89. The average molecular weight is 1130 g/mol. The fourth-order valence-electron chi connectivity index (χ4n) is 10.7. The van der Waals surface area contributed by atoms with E-state index in [1.165, 1.54) is 250 Å². The Morgan fingerprint density at radius 1 is 0.259 bits per heavy atom. The lowest BCUT2D eigenvalue weighted by Gasteiger charge is -2.18. The summed E-state index contributed by atoms with van der Waals surface area (Å²) in [6.45, 7) is 6.55. The van der Waals surface area contributed by atoms with Gasteiger partial charge in [-0.25, -0.2) is 0 Å². The highest BCUT2D eigenvalue weighted by atomic mass is 16.6. The lowest BCUT2D eigenvalue weighted by molar-refractivity contribution is -0.167. The highest BCUT2D eigenvalue weighted by Gasteiger charge is 2.19. The van der Waals surface area contributed by atoms with Crippen LogP contribution >= 0.6 is 0 Å². The monoisotopic (exact) mass is 1130 g/mol. The first kappa shape index (κ1) is 78.1. The van der Waals surface area contributed by atoms with Crippen LogP contribution in [0.4, 0.5) is 0 Å². The maximum atomic E-state index is 12.9. The number of ether oxygens (including phenoxy) is 3. The Labute approximate surface area is 504 Å². The van der Waals surface area contributed by atoms with E-state index in [-0.39, 0.29) is 31.1 Å². The summed E-state index contributed by atoms with van der Waals surface area (Å²) in [7, 11) is 0. The van der Waals surface area contributed by atoms with Gasteiger partial charge in [0.25, 0.3) is 0 Å². The van der Waals surface area contributed by atoms with E-state index >= 15 is 0 Å². The van der Waals surface area contributed by atoms with Gasteiger partial charge in [-0.15, -0.1) is 0 Å². The van der Waals surface area contributed by atoms with Gasteiger partial charge in [0.1, 0.15) is 13.2 Å².